The van der Waals surface area contributed by atoms with E-state index in [1.54, 1.807) is 0 Å². The molecule has 98 valence electrons. The van der Waals surface area contributed by atoms with Crippen molar-refractivity contribution >= 4 is 11.8 Å². The molecule has 3 unspecified atom stereocenters. The Labute approximate surface area is 103 Å². The fourth-order valence-electron chi connectivity index (χ4n) is 2.10. The van der Waals surface area contributed by atoms with Gasteiger partial charge >= 0.3 is 0 Å². The van der Waals surface area contributed by atoms with Crippen molar-refractivity contribution < 1.29 is 9.59 Å². The van der Waals surface area contributed by atoms with Crippen molar-refractivity contribution in [2.75, 3.05) is 13.1 Å². The Morgan fingerprint density at radius 1 is 1.41 bits per heavy atom. The molecule has 0 aromatic carbocycles. The topological polar surface area (TPSA) is 75.4 Å². The molecule has 2 amide bonds. The molecule has 0 bridgehead atoms. The standard InChI is InChI=1S/C12H23N3O2/c1-8(9(2)13)12(17)15-6-4-5-11(7-15)14-10(3)16/h8-9,11H,4-7,13H2,1-3H3,(H,14,16). The van der Waals surface area contributed by atoms with E-state index in [9.17, 15) is 9.59 Å². The third-order valence-corrected chi connectivity index (χ3v) is 3.32. The molecule has 5 nitrogen and oxygen atoms in total. The van der Waals surface area contributed by atoms with E-state index in [1.165, 1.54) is 6.92 Å². The maximum atomic E-state index is 12.1. The monoisotopic (exact) mass is 241 g/mol. The Hall–Kier alpha value is -1.10. The molecule has 1 rings (SSSR count). The fourth-order valence-corrected chi connectivity index (χ4v) is 2.10. The number of nitrogens with one attached hydrogen (secondary N) is 1. The molecule has 1 aliphatic rings. The normalized spacial score (nSPS) is 24.0. The minimum Gasteiger partial charge on any atom is -0.352 e. The molecule has 0 aliphatic carbocycles. The van der Waals surface area contributed by atoms with Crippen LogP contribution in [0, 0.1) is 5.92 Å². The van der Waals surface area contributed by atoms with Crippen molar-refractivity contribution in [3.63, 3.8) is 0 Å². The van der Waals surface area contributed by atoms with Crippen LogP contribution in [0.15, 0.2) is 0 Å². The lowest BCUT2D eigenvalue weighted by Gasteiger charge is -2.35. The van der Waals surface area contributed by atoms with Gasteiger partial charge in [0, 0.05) is 32.1 Å². The molecule has 0 aromatic rings. The van der Waals surface area contributed by atoms with Crippen molar-refractivity contribution in [2.45, 2.75) is 45.7 Å². The molecule has 1 fully saturated rings. The Kier molecular flexibility index (Phi) is 4.93. The van der Waals surface area contributed by atoms with Gasteiger partial charge in [-0.15, -0.1) is 0 Å². The van der Waals surface area contributed by atoms with Crippen LogP contribution in [0.25, 0.3) is 0 Å². The smallest absolute Gasteiger partial charge is 0.227 e. The summed E-state index contributed by atoms with van der Waals surface area (Å²) in [6.07, 6.45) is 1.87. The van der Waals surface area contributed by atoms with Crippen molar-refractivity contribution in [2.24, 2.45) is 11.7 Å². The average Bonchev–Trinajstić information content (AvgIpc) is 2.26. The summed E-state index contributed by atoms with van der Waals surface area (Å²) in [6, 6.07) is -0.0471. The van der Waals surface area contributed by atoms with Crippen LogP contribution >= 0.6 is 0 Å². The zero-order valence-corrected chi connectivity index (χ0v) is 10.9. The molecule has 3 N–H and O–H groups in total. The summed E-state index contributed by atoms with van der Waals surface area (Å²) in [6.45, 7) is 6.58. The molecule has 1 aliphatic heterocycles. The molecule has 1 saturated heterocycles. The van der Waals surface area contributed by atoms with Crippen LogP contribution in [0.5, 0.6) is 0 Å². The molecule has 3 atom stereocenters. The molecule has 17 heavy (non-hydrogen) atoms. The zero-order valence-electron chi connectivity index (χ0n) is 10.9. The predicted octanol–water partition coefficient (Wildman–Crippen LogP) is 0.0968. The van der Waals surface area contributed by atoms with E-state index >= 15 is 0 Å². The van der Waals surface area contributed by atoms with Crippen LogP contribution < -0.4 is 11.1 Å². The van der Waals surface area contributed by atoms with Crippen LogP contribution in [0.3, 0.4) is 0 Å². The average molecular weight is 241 g/mol. The lowest BCUT2D eigenvalue weighted by atomic mass is 9.99. The number of rotatable bonds is 3. The van der Waals surface area contributed by atoms with Crippen LogP contribution in [-0.4, -0.2) is 41.9 Å². The second-order valence-electron chi connectivity index (χ2n) is 4.97. The minimum atomic E-state index is -0.161. The van der Waals surface area contributed by atoms with E-state index in [1.807, 2.05) is 18.7 Å². The number of piperidine rings is 1. The highest BCUT2D eigenvalue weighted by Gasteiger charge is 2.28. The number of nitrogens with two attached hydrogens (primary N) is 1. The summed E-state index contributed by atoms with van der Waals surface area (Å²) in [5.74, 6) is -0.106. The van der Waals surface area contributed by atoms with Gasteiger partial charge in [-0.1, -0.05) is 6.92 Å². The quantitative estimate of drug-likeness (QED) is 0.735. The summed E-state index contributed by atoms with van der Waals surface area (Å²) in [4.78, 5) is 24.9. The van der Waals surface area contributed by atoms with E-state index in [2.05, 4.69) is 5.32 Å². The van der Waals surface area contributed by atoms with Gasteiger partial charge in [-0.05, 0) is 19.8 Å². The van der Waals surface area contributed by atoms with Crippen LogP contribution in [0.4, 0.5) is 0 Å². The minimum absolute atomic E-state index is 0.0375. The third kappa shape index (κ3) is 4.00. The van der Waals surface area contributed by atoms with Crippen molar-refractivity contribution in [3.05, 3.63) is 0 Å². The first kappa shape index (κ1) is 14.0. The van der Waals surface area contributed by atoms with Crippen molar-refractivity contribution in [3.8, 4) is 0 Å². The van der Waals surface area contributed by atoms with Gasteiger partial charge in [0.15, 0.2) is 0 Å². The number of nitrogens with zero attached hydrogens (tertiary/aromatic N) is 1. The molecule has 5 heteroatoms. The summed E-state index contributed by atoms with van der Waals surface area (Å²) in [7, 11) is 0. The maximum Gasteiger partial charge on any atom is 0.227 e. The van der Waals surface area contributed by atoms with Gasteiger partial charge in [-0.2, -0.15) is 0 Å². The zero-order chi connectivity index (χ0) is 13.0. The van der Waals surface area contributed by atoms with E-state index < -0.39 is 0 Å². The number of likely N-dealkylation sites (tertiary alicyclic amines) is 1. The number of carbonyl (C=O) groups excluding carboxylic acids is 2. The third-order valence-electron chi connectivity index (χ3n) is 3.32. The van der Waals surface area contributed by atoms with Gasteiger partial charge in [-0.25, -0.2) is 0 Å². The Bertz CT molecular complexity index is 291. The number of amides is 2. The maximum absolute atomic E-state index is 12.1. The number of carbonyl (C=O) groups is 2. The highest BCUT2D eigenvalue weighted by atomic mass is 16.2. The van der Waals surface area contributed by atoms with Crippen molar-refractivity contribution in [1.82, 2.24) is 10.2 Å². The lowest BCUT2D eigenvalue weighted by Crippen LogP contribution is -2.52. The predicted molar refractivity (Wildman–Crippen MR) is 66.2 cm³/mol. The lowest BCUT2D eigenvalue weighted by molar-refractivity contribution is -0.137. The van der Waals surface area contributed by atoms with E-state index in [4.69, 9.17) is 5.73 Å². The second kappa shape index (κ2) is 6.00. The summed E-state index contributed by atoms with van der Waals surface area (Å²) in [5.41, 5.74) is 5.74. The molecule has 0 aromatic heterocycles. The Morgan fingerprint density at radius 2 is 2.06 bits per heavy atom. The number of hydrogen-bond acceptors (Lipinski definition) is 3. The number of hydrogen-bond donors (Lipinski definition) is 2. The Balaban J connectivity index is 2.54. The summed E-state index contributed by atoms with van der Waals surface area (Å²) < 4.78 is 0. The molecule has 0 spiro atoms. The second-order valence-corrected chi connectivity index (χ2v) is 4.97. The highest BCUT2D eigenvalue weighted by molar-refractivity contribution is 5.79. The molecular formula is C12H23N3O2. The van der Waals surface area contributed by atoms with E-state index in [-0.39, 0.29) is 29.8 Å². The molecule has 0 saturated carbocycles. The molecule has 0 radical (unpaired) electrons. The summed E-state index contributed by atoms with van der Waals surface area (Å²) in [5, 5.41) is 2.87. The SMILES string of the molecule is CC(=O)NC1CCCN(C(=O)C(C)C(C)N)C1. The first-order valence-corrected chi connectivity index (χ1v) is 6.23. The van der Waals surface area contributed by atoms with Crippen LogP contribution in [0.2, 0.25) is 0 Å². The van der Waals surface area contributed by atoms with Crippen LogP contribution in [-0.2, 0) is 9.59 Å². The fraction of sp³-hybridized carbons (Fsp3) is 0.833. The van der Waals surface area contributed by atoms with Gasteiger partial charge in [-0.3, -0.25) is 9.59 Å². The summed E-state index contributed by atoms with van der Waals surface area (Å²) >= 11 is 0. The first-order chi connectivity index (χ1) is 7.91. The largest absolute Gasteiger partial charge is 0.352 e. The van der Waals surface area contributed by atoms with E-state index in [0.29, 0.717) is 6.54 Å². The van der Waals surface area contributed by atoms with Gasteiger partial charge in [0.1, 0.15) is 0 Å². The molecule has 1 heterocycles. The van der Waals surface area contributed by atoms with Crippen molar-refractivity contribution in [1.29, 1.82) is 0 Å². The van der Waals surface area contributed by atoms with Gasteiger partial charge < -0.3 is 16.0 Å². The van der Waals surface area contributed by atoms with Crippen LogP contribution in [0.1, 0.15) is 33.6 Å². The first-order valence-electron chi connectivity index (χ1n) is 6.23. The van der Waals surface area contributed by atoms with Gasteiger partial charge in [0.25, 0.3) is 0 Å². The highest BCUT2D eigenvalue weighted by Crippen LogP contribution is 2.14. The van der Waals surface area contributed by atoms with Gasteiger partial charge in [0.2, 0.25) is 11.8 Å². The van der Waals surface area contributed by atoms with Gasteiger partial charge in [0.05, 0.1) is 5.92 Å². The molecular weight excluding hydrogens is 218 g/mol. The van der Waals surface area contributed by atoms with E-state index in [0.717, 1.165) is 19.4 Å². The Morgan fingerprint density at radius 3 is 2.59 bits per heavy atom.